The van der Waals surface area contributed by atoms with Gasteiger partial charge < -0.3 is 10.1 Å². The first kappa shape index (κ1) is 18.7. The minimum Gasteiger partial charge on any atom is -0.497 e. The molecule has 7 heteroatoms. The monoisotopic (exact) mass is 413 g/mol. The van der Waals surface area contributed by atoms with Crippen LogP contribution in [0.3, 0.4) is 0 Å². The number of hydrogen-bond donors (Lipinski definition) is 1. The van der Waals surface area contributed by atoms with E-state index in [0.717, 1.165) is 16.0 Å². The normalized spacial score (nSPS) is 16.4. The maximum Gasteiger partial charge on any atom is 0.225 e. The van der Waals surface area contributed by atoms with E-state index >= 15 is 0 Å². The highest BCUT2D eigenvalue weighted by Crippen LogP contribution is 2.46. The van der Waals surface area contributed by atoms with E-state index in [1.807, 2.05) is 31.2 Å². The Balaban J connectivity index is 1.81. The number of thiophene rings is 1. The van der Waals surface area contributed by atoms with Crippen LogP contribution in [0.25, 0.3) is 0 Å². The number of fused-ring (bicyclic) bond motifs is 1. The van der Waals surface area contributed by atoms with Gasteiger partial charge in [-0.15, -0.1) is 11.3 Å². The van der Waals surface area contributed by atoms with Crippen LogP contribution in [0.5, 0.6) is 5.75 Å². The van der Waals surface area contributed by atoms with E-state index in [4.69, 9.17) is 4.74 Å². The molecule has 0 spiro atoms. The molecule has 144 valence electrons. The van der Waals surface area contributed by atoms with Gasteiger partial charge in [0.05, 0.1) is 17.7 Å². The Morgan fingerprint density at radius 3 is 2.61 bits per heavy atom. The molecule has 4 rings (SSSR count). The zero-order chi connectivity index (χ0) is 19.9. The summed E-state index contributed by atoms with van der Waals surface area (Å²) >= 11 is 1.36. The highest BCUT2D eigenvalue weighted by atomic mass is 32.2. The van der Waals surface area contributed by atoms with Crippen molar-refractivity contribution < 1.29 is 17.9 Å². The third-order valence-electron chi connectivity index (χ3n) is 4.87. The average Bonchev–Trinajstić information content (AvgIpc) is 3.12. The average molecular weight is 414 g/mol. The Morgan fingerprint density at radius 1 is 1.14 bits per heavy atom. The number of carbonyl (C=O) groups excluding carboxylic acids is 1. The molecular formula is C21H19NO4S2. The Bertz CT molecular complexity index is 1150. The van der Waals surface area contributed by atoms with Crippen LogP contribution in [-0.2, 0) is 14.6 Å². The van der Waals surface area contributed by atoms with Crippen molar-refractivity contribution in [3.63, 3.8) is 0 Å². The third kappa shape index (κ3) is 3.21. The predicted octanol–water partition coefficient (Wildman–Crippen LogP) is 4.37. The molecule has 0 saturated heterocycles. The summed E-state index contributed by atoms with van der Waals surface area (Å²) in [6, 6.07) is 14.3. The quantitative estimate of drug-likeness (QED) is 0.689. The molecule has 3 aromatic rings. The van der Waals surface area contributed by atoms with E-state index in [1.165, 1.54) is 11.3 Å². The van der Waals surface area contributed by atoms with Crippen molar-refractivity contribution in [2.45, 2.75) is 29.1 Å². The van der Waals surface area contributed by atoms with Crippen molar-refractivity contribution in [3.05, 3.63) is 69.9 Å². The fourth-order valence-corrected chi connectivity index (χ4v) is 6.28. The third-order valence-corrected chi connectivity index (χ3v) is 7.91. The van der Waals surface area contributed by atoms with Gasteiger partial charge in [-0.3, -0.25) is 4.79 Å². The van der Waals surface area contributed by atoms with E-state index in [-0.39, 0.29) is 28.0 Å². The van der Waals surface area contributed by atoms with Gasteiger partial charge in [0, 0.05) is 22.6 Å². The summed E-state index contributed by atoms with van der Waals surface area (Å²) in [5.41, 5.74) is 2.31. The lowest BCUT2D eigenvalue weighted by Gasteiger charge is -2.24. The number of sulfone groups is 1. The Labute approximate surface area is 167 Å². The largest absolute Gasteiger partial charge is 0.497 e. The summed E-state index contributed by atoms with van der Waals surface area (Å²) in [5.74, 6) is 0.305. The number of nitrogens with one attached hydrogen (secondary N) is 1. The first-order valence-corrected chi connectivity index (χ1v) is 11.1. The summed E-state index contributed by atoms with van der Waals surface area (Å²) in [6.07, 6.45) is 0.269. The van der Waals surface area contributed by atoms with E-state index in [0.29, 0.717) is 11.4 Å². The number of rotatable bonds is 4. The van der Waals surface area contributed by atoms with Crippen LogP contribution in [0, 0.1) is 6.92 Å². The number of hydrogen-bond acceptors (Lipinski definition) is 5. The Hall–Kier alpha value is -2.64. The fraction of sp³-hybridized carbons (Fsp3) is 0.190. The van der Waals surface area contributed by atoms with Crippen LogP contribution < -0.4 is 10.1 Å². The number of ether oxygens (including phenoxy) is 1. The summed E-state index contributed by atoms with van der Waals surface area (Å²) in [5, 5.41) is 4.41. The summed E-state index contributed by atoms with van der Waals surface area (Å²) in [4.78, 5) is 13.6. The van der Waals surface area contributed by atoms with Crippen molar-refractivity contribution in [2.24, 2.45) is 0 Å². The molecule has 2 heterocycles. The van der Waals surface area contributed by atoms with Gasteiger partial charge in [0.15, 0.2) is 0 Å². The molecular weight excluding hydrogens is 394 g/mol. The second-order valence-electron chi connectivity index (χ2n) is 6.74. The van der Waals surface area contributed by atoms with Gasteiger partial charge in [-0.2, -0.15) is 0 Å². The molecule has 0 radical (unpaired) electrons. The zero-order valence-electron chi connectivity index (χ0n) is 15.4. The molecule has 1 aliphatic heterocycles. The molecule has 1 amide bonds. The van der Waals surface area contributed by atoms with Crippen LogP contribution in [0.1, 0.15) is 28.3 Å². The number of anilines is 1. The summed E-state index contributed by atoms with van der Waals surface area (Å²) < 4.78 is 31.6. The molecule has 1 atom stereocenters. The Kier molecular flexibility index (Phi) is 4.72. The maximum absolute atomic E-state index is 13.2. The lowest BCUT2D eigenvalue weighted by molar-refractivity contribution is -0.116. The van der Waals surface area contributed by atoms with E-state index in [9.17, 15) is 13.2 Å². The van der Waals surface area contributed by atoms with E-state index in [1.54, 1.807) is 36.8 Å². The van der Waals surface area contributed by atoms with Crippen molar-refractivity contribution in [1.82, 2.24) is 0 Å². The predicted molar refractivity (Wildman–Crippen MR) is 109 cm³/mol. The van der Waals surface area contributed by atoms with Crippen molar-refractivity contribution >= 4 is 32.8 Å². The van der Waals surface area contributed by atoms with Crippen LogP contribution >= 0.6 is 11.3 Å². The van der Waals surface area contributed by atoms with Crippen LogP contribution in [0.4, 0.5) is 5.69 Å². The van der Waals surface area contributed by atoms with E-state index < -0.39 is 9.84 Å². The molecule has 1 N–H and O–H groups in total. The van der Waals surface area contributed by atoms with Gasteiger partial charge in [-0.25, -0.2) is 8.42 Å². The number of methoxy groups -OCH3 is 1. The van der Waals surface area contributed by atoms with Crippen molar-refractivity contribution in [3.8, 4) is 5.75 Å². The molecule has 0 aliphatic carbocycles. The molecule has 0 bridgehead atoms. The van der Waals surface area contributed by atoms with Gasteiger partial charge in [-0.05, 0) is 36.8 Å². The highest BCUT2D eigenvalue weighted by molar-refractivity contribution is 7.91. The summed E-state index contributed by atoms with van der Waals surface area (Å²) in [6.45, 7) is 1.90. The standard InChI is InChI=1S/C21H19NO4S2/c1-13-6-8-16(9-7-13)28(24,25)18-12-27-21-17(11-19(23)22-20(18)21)14-4-3-5-15(10-14)26-2/h3-10,12,17H,11H2,1-2H3,(H,22,23). The lowest BCUT2D eigenvalue weighted by Crippen LogP contribution is -2.23. The topological polar surface area (TPSA) is 72.5 Å². The number of benzene rings is 2. The van der Waals surface area contributed by atoms with Gasteiger partial charge in [-0.1, -0.05) is 29.8 Å². The van der Waals surface area contributed by atoms with Crippen LogP contribution in [0.15, 0.2) is 63.7 Å². The second-order valence-corrected chi connectivity index (χ2v) is 9.57. The van der Waals surface area contributed by atoms with Gasteiger partial charge >= 0.3 is 0 Å². The molecule has 1 aliphatic rings. The summed E-state index contributed by atoms with van der Waals surface area (Å²) in [7, 11) is -2.13. The fourth-order valence-electron chi connectivity index (χ4n) is 3.37. The zero-order valence-corrected chi connectivity index (χ0v) is 17.1. The minimum atomic E-state index is -3.72. The first-order chi connectivity index (χ1) is 13.4. The van der Waals surface area contributed by atoms with Gasteiger partial charge in [0.25, 0.3) is 0 Å². The molecule has 0 fully saturated rings. The van der Waals surface area contributed by atoms with Crippen LogP contribution in [-0.4, -0.2) is 21.4 Å². The maximum atomic E-state index is 13.2. The van der Waals surface area contributed by atoms with Crippen LogP contribution in [0.2, 0.25) is 0 Å². The van der Waals surface area contributed by atoms with Crippen molar-refractivity contribution in [2.75, 3.05) is 12.4 Å². The second kappa shape index (κ2) is 7.07. The number of aryl methyl sites for hydroxylation is 1. The smallest absolute Gasteiger partial charge is 0.225 e. The number of amides is 1. The van der Waals surface area contributed by atoms with E-state index in [2.05, 4.69) is 5.32 Å². The molecule has 28 heavy (non-hydrogen) atoms. The molecule has 1 unspecified atom stereocenters. The highest BCUT2D eigenvalue weighted by Gasteiger charge is 2.34. The molecule has 1 aromatic heterocycles. The lowest BCUT2D eigenvalue weighted by atomic mass is 9.90. The first-order valence-electron chi connectivity index (χ1n) is 8.77. The van der Waals surface area contributed by atoms with Gasteiger partial charge in [0.1, 0.15) is 10.6 Å². The molecule has 5 nitrogen and oxygen atoms in total. The number of carbonyl (C=O) groups is 1. The minimum absolute atomic E-state index is 0.150. The molecule has 0 saturated carbocycles. The Morgan fingerprint density at radius 2 is 1.89 bits per heavy atom. The van der Waals surface area contributed by atoms with Crippen molar-refractivity contribution in [1.29, 1.82) is 0 Å². The van der Waals surface area contributed by atoms with Gasteiger partial charge in [0.2, 0.25) is 15.7 Å². The molecule has 2 aromatic carbocycles. The SMILES string of the molecule is COc1cccc(C2CC(=O)Nc3c(S(=O)(=O)c4ccc(C)cc4)csc32)c1.